The first-order valence-corrected chi connectivity index (χ1v) is 7.19. The van der Waals surface area contributed by atoms with Crippen molar-refractivity contribution in [2.24, 2.45) is 0 Å². The van der Waals surface area contributed by atoms with Gasteiger partial charge < -0.3 is 15.0 Å². The molecule has 16 heavy (non-hydrogen) atoms. The normalized spacial score (nSPS) is 26.0. The maximum Gasteiger partial charge on any atom is 0.232 e. The van der Waals surface area contributed by atoms with E-state index in [1.165, 1.54) is 6.42 Å². The third-order valence-corrected chi connectivity index (χ3v) is 4.08. The van der Waals surface area contributed by atoms with Crippen molar-refractivity contribution in [3.63, 3.8) is 0 Å². The van der Waals surface area contributed by atoms with Crippen molar-refractivity contribution in [3.8, 4) is 0 Å². The van der Waals surface area contributed by atoms with Crippen molar-refractivity contribution >= 4 is 17.7 Å². The standard InChI is InChI=1S/C11H20N2O2S/c14-11(13-5-3-12-4-6-13)9-16-8-10-2-1-7-15-10/h10,12H,1-9H2. The molecular weight excluding hydrogens is 224 g/mol. The summed E-state index contributed by atoms with van der Waals surface area (Å²) in [4.78, 5) is 13.8. The van der Waals surface area contributed by atoms with E-state index in [9.17, 15) is 4.79 Å². The predicted molar refractivity (Wildman–Crippen MR) is 65.7 cm³/mol. The van der Waals surface area contributed by atoms with E-state index in [2.05, 4.69) is 5.32 Å². The molecule has 1 N–H and O–H groups in total. The highest BCUT2D eigenvalue weighted by Gasteiger charge is 2.18. The van der Waals surface area contributed by atoms with Gasteiger partial charge in [-0.15, -0.1) is 11.8 Å². The number of amides is 1. The van der Waals surface area contributed by atoms with Gasteiger partial charge in [0.25, 0.3) is 0 Å². The summed E-state index contributed by atoms with van der Waals surface area (Å²) in [6.07, 6.45) is 2.73. The highest BCUT2D eigenvalue weighted by molar-refractivity contribution is 7.99. The second kappa shape index (κ2) is 6.47. The molecule has 2 saturated heterocycles. The summed E-state index contributed by atoms with van der Waals surface area (Å²) in [6.45, 7) is 4.49. The van der Waals surface area contributed by atoms with E-state index >= 15 is 0 Å². The van der Waals surface area contributed by atoms with Gasteiger partial charge in [0.2, 0.25) is 5.91 Å². The van der Waals surface area contributed by atoms with Gasteiger partial charge in [0, 0.05) is 38.5 Å². The highest BCUT2D eigenvalue weighted by Crippen LogP contribution is 2.17. The summed E-state index contributed by atoms with van der Waals surface area (Å²) in [5.41, 5.74) is 0. The molecule has 1 atom stereocenters. The number of carbonyl (C=O) groups is 1. The average Bonchev–Trinajstić information content (AvgIpc) is 2.83. The molecule has 2 fully saturated rings. The van der Waals surface area contributed by atoms with E-state index in [1.54, 1.807) is 11.8 Å². The fraction of sp³-hybridized carbons (Fsp3) is 0.909. The van der Waals surface area contributed by atoms with Crippen molar-refractivity contribution < 1.29 is 9.53 Å². The largest absolute Gasteiger partial charge is 0.377 e. The zero-order chi connectivity index (χ0) is 11.2. The van der Waals surface area contributed by atoms with Crippen molar-refractivity contribution in [2.75, 3.05) is 44.3 Å². The summed E-state index contributed by atoms with van der Waals surface area (Å²) in [5, 5.41) is 3.25. The number of nitrogens with one attached hydrogen (secondary N) is 1. The van der Waals surface area contributed by atoms with Gasteiger partial charge in [0.05, 0.1) is 11.9 Å². The molecule has 0 radical (unpaired) electrons. The molecule has 0 aromatic heterocycles. The Morgan fingerprint density at radius 3 is 2.94 bits per heavy atom. The van der Waals surface area contributed by atoms with Gasteiger partial charge in [-0.25, -0.2) is 0 Å². The van der Waals surface area contributed by atoms with Gasteiger partial charge in [0.15, 0.2) is 0 Å². The van der Waals surface area contributed by atoms with E-state index in [1.807, 2.05) is 4.90 Å². The van der Waals surface area contributed by atoms with Crippen LogP contribution in [-0.4, -0.2) is 61.2 Å². The smallest absolute Gasteiger partial charge is 0.232 e. The Morgan fingerprint density at radius 2 is 2.25 bits per heavy atom. The topological polar surface area (TPSA) is 41.6 Å². The first-order chi connectivity index (χ1) is 7.86. The van der Waals surface area contributed by atoms with Gasteiger partial charge in [-0.1, -0.05) is 0 Å². The van der Waals surface area contributed by atoms with E-state index in [-0.39, 0.29) is 5.91 Å². The minimum atomic E-state index is 0.282. The Morgan fingerprint density at radius 1 is 1.44 bits per heavy atom. The molecule has 92 valence electrons. The third kappa shape index (κ3) is 3.64. The Hall–Kier alpha value is -0.260. The third-order valence-electron chi connectivity index (χ3n) is 3.02. The van der Waals surface area contributed by atoms with Crippen LogP contribution < -0.4 is 5.32 Å². The minimum Gasteiger partial charge on any atom is -0.377 e. The van der Waals surface area contributed by atoms with Crippen LogP contribution in [0.15, 0.2) is 0 Å². The summed E-state index contributed by atoms with van der Waals surface area (Å²) < 4.78 is 5.52. The van der Waals surface area contributed by atoms with E-state index in [0.29, 0.717) is 11.9 Å². The molecule has 0 saturated carbocycles. The Labute approximate surface area is 101 Å². The SMILES string of the molecule is O=C(CSCC1CCCO1)N1CCNCC1. The van der Waals surface area contributed by atoms with Crippen LogP contribution in [0.1, 0.15) is 12.8 Å². The Bertz CT molecular complexity index is 226. The van der Waals surface area contributed by atoms with Crippen LogP contribution in [0.25, 0.3) is 0 Å². The molecule has 2 aliphatic rings. The van der Waals surface area contributed by atoms with E-state index < -0.39 is 0 Å². The second-order valence-corrected chi connectivity index (χ2v) is 5.31. The van der Waals surface area contributed by atoms with Crippen LogP contribution in [0.3, 0.4) is 0 Å². The van der Waals surface area contributed by atoms with Crippen molar-refractivity contribution in [1.82, 2.24) is 10.2 Å². The average molecular weight is 244 g/mol. The van der Waals surface area contributed by atoms with Gasteiger partial charge in [0.1, 0.15) is 0 Å². The molecule has 0 bridgehead atoms. The maximum absolute atomic E-state index is 11.8. The van der Waals surface area contributed by atoms with Gasteiger partial charge in [-0.3, -0.25) is 4.79 Å². The zero-order valence-electron chi connectivity index (χ0n) is 9.61. The zero-order valence-corrected chi connectivity index (χ0v) is 10.4. The highest BCUT2D eigenvalue weighted by atomic mass is 32.2. The molecule has 4 nitrogen and oxygen atoms in total. The molecular formula is C11H20N2O2S. The van der Waals surface area contributed by atoms with Crippen LogP contribution in [0.2, 0.25) is 0 Å². The lowest BCUT2D eigenvalue weighted by Gasteiger charge is -2.27. The molecule has 2 heterocycles. The Balaban J connectivity index is 1.59. The van der Waals surface area contributed by atoms with Crippen LogP contribution in [-0.2, 0) is 9.53 Å². The first kappa shape index (κ1) is 12.2. The molecule has 0 spiro atoms. The van der Waals surface area contributed by atoms with Gasteiger partial charge >= 0.3 is 0 Å². The van der Waals surface area contributed by atoms with Crippen LogP contribution in [0, 0.1) is 0 Å². The lowest BCUT2D eigenvalue weighted by Crippen LogP contribution is -2.47. The van der Waals surface area contributed by atoms with Crippen LogP contribution >= 0.6 is 11.8 Å². The van der Waals surface area contributed by atoms with Crippen LogP contribution in [0.5, 0.6) is 0 Å². The number of thioether (sulfide) groups is 1. The number of carbonyl (C=O) groups excluding carboxylic acids is 1. The number of piperazine rings is 1. The van der Waals surface area contributed by atoms with Gasteiger partial charge in [-0.05, 0) is 12.8 Å². The van der Waals surface area contributed by atoms with Crippen molar-refractivity contribution in [2.45, 2.75) is 18.9 Å². The molecule has 1 unspecified atom stereocenters. The number of hydrogen-bond donors (Lipinski definition) is 1. The minimum absolute atomic E-state index is 0.282. The number of ether oxygens (including phenoxy) is 1. The number of rotatable bonds is 4. The fourth-order valence-corrected chi connectivity index (χ4v) is 3.06. The lowest BCUT2D eigenvalue weighted by molar-refractivity contribution is -0.128. The van der Waals surface area contributed by atoms with Crippen LogP contribution in [0.4, 0.5) is 0 Å². The summed E-state index contributed by atoms with van der Waals surface area (Å²) in [6, 6.07) is 0. The van der Waals surface area contributed by atoms with E-state index in [4.69, 9.17) is 4.74 Å². The quantitative estimate of drug-likeness (QED) is 0.774. The fourth-order valence-electron chi connectivity index (χ4n) is 2.06. The molecule has 0 aliphatic carbocycles. The van der Waals surface area contributed by atoms with Gasteiger partial charge in [-0.2, -0.15) is 0 Å². The maximum atomic E-state index is 11.8. The molecule has 1 amide bonds. The van der Waals surface area contributed by atoms with E-state index in [0.717, 1.165) is 45.0 Å². The summed E-state index contributed by atoms with van der Waals surface area (Å²) in [7, 11) is 0. The predicted octanol–water partition coefficient (Wildman–Crippen LogP) is 0.330. The summed E-state index contributed by atoms with van der Waals surface area (Å²) in [5.74, 6) is 1.86. The van der Waals surface area contributed by atoms with Crippen molar-refractivity contribution in [1.29, 1.82) is 0 Å². The molecule has 0 aromatic carbocycles. The first-order valence-electron chi connectivity index (χ1n) is 6.04. The molecule has 5 heteroatoms. The number of hydrogen-bond acceptors (Lipinski definition) is 4. The molecule has 2 rings (SSSR count). The summed E-state index contributed by atoms with van der Waals surface area (Å²) >= 11 is 1.72. The molecule has 2 aliphatic heterocycles. The van der Waals surface area contributed by atoms with Crippen molar-refractivity contribution in [3.05, 3.63) is 0 Å². The number of nitrogens with zero attached hydrogens (tertiary/aromatic N) is 1. The molecule has 0 aromatic rings. The Kier molecular flexibility index (Phi) is 4.93. The lowest BCUT2D eigenvalue weighted by atomic mass is 10.3. The second-order valence-electron chi connectivity index (χ2n) is 4.28. The monoisotopic (exact) mass is 244 g/mol.